The maximum atomic E-state index is 12.3. The highest BCUT2D eigenvalue weighted by Gasteiger charge is 2.15. The number of amides is 2. The molecule has 0 saturated carbocycles. The number of rotatable bonds is 5. The highest BCUT2D eigenvalue weighted by molar-refractivity contribution is 6.08. The van der Waals surface area contributed by atoms with E-state index in [1.807, 2.05) is 13.8 Å². The Morgan fingerprint density at radius 3 is 2.59 bits per heavy atom. The van der Waals surface area contributed by atoms with Gasteiger partial charge in [-0.3, -0.25) is 14.6 Å². The van der Waals surface area contributed by atoms with Gasteiger partial charge in [-0.1, -0.05) is 19.1 Å². The van der Waals surface area contributed by atoms with E-state index in [0.717, 1.165) is 6.42 Å². The Kier molecular flexibility index (Phi) is 5.25. The molecule has 0 aliphatic rings. The number of nitrogens with zero attached hydrogens (tertiary/aromatic N) is 1. The Hall–Kier alpha value is -2.69. The first-order valence-electron chi connectivity index (χ1n) is 7.23. The van der Waals surface area contributed by atoms with E-state index in [2.05, 4.69) is 15.6 Å². The second-order valence-corrected chi connectivity index (χ2v) is 5.02. The van der Waals surface area contributed by atoms with Crippen LogP contribution in [0.2, 0.25) is 0 Å². The molecule has 2 aromatic rings. The van der Waals surface area contributed by atoms with Crippen LogP contribution in [0.4, 0.5) is 5.69 Å². The monoisotopic (exact) mass is 297 g/mol. The molecule has 2 N–H and O–H groups in total. The second kappa shape index (κ2) is 7.36. The van der Waals surface area contributed by atoms with Gasteiger partial charge in [0.05, 0.1) is 16.8 Å². The van der Waals surface area contributed by atoms with Crippen LogP contribution in [0.15, 0.2) is 48.8 Å². The molecule has 2 amide bonds. The van der Waals surface area contributed by atoms with Crippen LogP contribution >= 0.6 is 0 Å². The molecule has 0 fully saturated rings. The molecule has 1 heterocycles. The van der Waals surface area contributed by atoms with Gasteiger partial charge in [0.15, 0.2) is 0 Å². The smallest absolute Gasteiger partial charge is 0.257 e. The van der Waals surface area contributed by atoms with Crippen molar-refractivity contribution in [3.63, 3.8) is 0 Å². The van der Waals surface area contributed by atoms with Crippen LogP contribution in [-0.4, -0.2) is 22.8 Å². The van der Waals surface area contributed by atoms with Gasteiger partial charge in [0, 0.05) is 18.4 Å². The van der Waals surface area contributed by atoms with E-state index in [-0.39, 0.29) is 17.9 Å². The van der Waals surface area contributed by atoms with Crippen molar-refractivity contribution in [2.75, 3.05) is 5.32 Å². The number of aromatic nitrogens is 1. The first-order valence-corrected chi connectivity index (χ1v) is 7.23. The fourth-order valence-electron chi connectivity index (χ4n) is 1.89. The number of pyridine rings is 1. The Bertz CT molecular complexity index is 656. The minimum Gasteiger partial charge on any atom is -0.350 e. The molecule has 22 heavy (non-hydrogen) atoms. The Morgan fingerprint density at radius 1 is 1.14 bits per heavy atom. The van der Waals surface area contributed by atoms with Gasteiger partial charge in [-0.05, 0) is 37.6 Å². The molecule has 2 rings (SSSR count). The molecule has 1 atom stereocenters. The zero-order valence-corrected chi connectivity index (χ0v) is 12.7. The molecular weight excluding hydrogens is 278 g/mol. The van der Waals surface area contributed by atoms with E-state index in [0.29, 0.717) is 16.8 Å². The average Bonchev–Trinajstić information content (AvgIpc) is 2.55. The lowest BCUT2D eigenvalue weighted by Crippen LogP contribution is -2.32. The molecule has 1 aromatic heterocycles. The molecular formula is C17H19N3O2. The number of para-hydroxylation sites is 1. The van der Waals surface area contributed by atoms with Crippen LogP contribution in [0, 0.1) is 0 Å². The summed E-state index contributed by atoms with van der Waals surface area (Å²) < 4.78 is 0. The number of hydrogen-bond donors (Lipinski definition) is 2. The summed E-state index contributed by atoms with van der Waals surface area (Å²) in [7, 11) is 0. The minimum atomic E-state index is -0.295. The molecule has 114 valence electrons. The average molecular weight is 297 g/mol. The Balaban J connectivity index is 2.18. The van der Waals surface area contributed by atoms with Crippen LogP contribution in [0.3, 0.4) is 0 Å². The van der Waals surface area contributed by atoms with Crippen molar-refractivity contribution < 1.29 is 9.59 Å². The van der Waals surface area contributed by atoms with E-state index in [4.69, 9.17) is 0 Å². The van der Waals surface area contributed by atoms with Gasteiger partial charge in [-0.2, -0.15) is 0 Å². The molecule has 0 aliphatic carbocycles. The van der Waals surface area contributed by atoms with Crippen molar-refractivity contribution in [1.29, 1.82) is 0 Å². The summed E-state index contributed by atoms with van der Waals surface area (Å²) in [6, 6.07) is 10.4. The Labute approximate surface area is 129 Å². The molecule has 0 saturated heterocycles. The van der Waals surface area contributed by atoms with Crippen molar-refractivity contribution in [3.05, 3.63) is 59.9 Å². The number of hydrogen-bond acceptors (Lipinski definition) is 3. The minimum absolute atomic E-state index is 0.0783. The quantitative estimate of drug-likeness (QED) is 0.891. The van der Waals surface area contributed by atoms with Gasteiger partial charge in [-0.15, -0.1) is 0 Å². The topological polar surface area (TPSA) is 71.1 Å². The first kappa shape index (κ1) is 15.7. The number of nitrogens with one attached hydrogen (secondary N) is 2. The SMILES string of the molecule is CC[C@@H](C)NC(=O)c1ccccc1NC(=O)c1cccnc1. The largest absolute Gasteiger partial charge is 0.350 e. The lowest BCUT2D eigenvalue weighted by atomic mass is 10.1. The number of anilines is 1. The van der Waals surface area contributed by atoms with Gasteiger partial charge in [0.2, 0.25) is 0 Å². The van der Waals surface area contributed by atoms with Crippen LogP contribution in [0.5, 0.6) is 0 Å². The molecule has 5 heteroatoms. The maximum Gasteiger partial charge on any atom is 0.257 e. The van der Waals surface area contributed by atoms with Crippen molar-refractivity contribution >= 4 is 17.5 Å². The van der Waals surface area contributed by atoms with Gasteiger partial charge < -0.3 is 10.6 Å². The van der Waals surface area contributed by atoms with E-state index >= 15 is 0 Å². The van der Waals surface area contributed by atoms with E-state index in [1.54, 1.807) is 42.6 Å². The van der Waals surface area contributed by atoms with Crippen LogP contribution in [-0.2, 0) is 0 Å². The number of carbonyl (C=O) groups is 2. The standard InChI is InChI=1S/C17H19N3O2/c1-3-12(2)19-17(22)14-8-4-5-9-15(14)20-16(21)13-7-6-10-18-11-13/h4-12H,3H2,1-2H3,(H,19,22)(H,20,21)/t12-/m1/s1. The molecule has 0 aliphatic heterocycles. The van der Waals surface area contributed by atoms with Gasteiger partial charge in [0.25, 0.3) is 11.8 Å². The van der Waals surface area contributed by atoms with Crippen LogP contribution in [0.25, 0.3) is 0 Å². The van der Waals surface area contributed by atoms with Crippen LogP contribution in [0.1, 0.15) is 41.0 Å². The van der Waals surface area contributed by atoms with Crippen molar-refractivity contribution in [1.82, 2.24) is 10.3 Å². The number of carbonyl (C=O) groups excluding carboxylic acids is 2. The molecule has 5 nitrogen and oxygen atoms in total. The van der Waals surface area contributed by atoms with E-state index in [1.165, 1.54) is 6.20 Å². The molecule has 0 unspecified atom stereocenters. The van der Waals surface area contributed by atoms with E-state index in [9.17, 15) is 9.59 Å². The Morgan fingerprint density at radius 2 is 1.91 bits per heavy atom. The van der Waals surface area contributed by atoms with Gasteiger partial charge in [-0.25, -0.2) is 0 Å². The number of benzene rings is 1. The van der Waals surface area contributed by atoms with Crippen molar-refractivity contribution in [3.8, 4) is 0 Å². The zero-order chi connectivity index (χ0) is 15.9. The lowest BCUT2D eigenvalue weighted by Gasteiger charge is -2.14. The summed E-state index contributed by atoms with van der Waals surface area (Å²) in [5.74, 6) is -0.492. The molecule has 0 radical (unpaired) electrons. The highest BCUT2D eigenvalue weighted by atomic mass is 16.2. The molecule has 1 aromatic carbocycles. The normalized spacial score (nSPS) is 11.5. The summed E-state index contributed by atoms with van der Waals surface area (Å²) >= 11 is 0. The summed E-state index contributed by atoms with van der Waals surface area (Å²) in [5, 5.41) is 5.66. The summed E-state index contributed by atoms with van der Waals surface area (Å²) in [6.07, 6.45) is 3.93. The summed E-state index contributed by atoms with van der Waals surface area (Å²) in [6.45, 7) is 3.94. The molecule has 0 bridgehead atoms. The van der Waals surface area contributed by atoms with Crippen molar-refractivity contribution in [2.24, 2.45) is 0 Å². The third-order valence-corrected chi connectivity index (χ3v) is 3.33. The predicted molar refractivity (Wildman–Crippen MR) is 85.9 cm³/mol. The maximum absolute atomic E-state index is 12.3. The summed E-state index contributed by atoms with van der Waals surface area (Å²) in [4.78, 5) is 28.4. The van der Waals surface area contributed by atoms with Gasteiger partial charge in [0.1, 0.15) is 0 Å². The zero-order valence-electron chi connectivity index (χ0n) is 12.7. The lowest BCUT2D eigenvalue weighted by molar-refractivity contribution is 0.0940. The van der Waals surface area contributed by atoms with Crippen LogP contribution < -0.4 is 10.6 Å². The van der Waals surface area contributed by atoms with Crippen molar-refractivity contribution in [2.45, 2.75) is 26.3 Å². The fraction of sp³-hybridized carbons (Fsp3) is 0.235. The first-order chi connectivity index (χ1) is 10.6. The third kappa shape index (κ3) is 3.91. The second-order valence-electron chi connectivity index (χ2n) is 5.02. The third-order valence-electron chi connectivity index (χ3n) is 3.33. The fourth-order valence-corrected chi connectivity index (χ4v) is 1.89. The predicted octanol–water partition coefficient (Wildman–Crippen LogP) is 2.86. The van der Waals surface area contributed by atoms with Gasteiger partial charge >= 0.3 is 0 Å². The molecule has 0 spiro atoms. The summed E-state index contributed by atoms with van der Waals surface area (Å²) in [5.41, 5.74) is 1.37. The van der Waals surface area contributed by atoms with E-state index < -0.39 is 0 Å². The highest BCUT2D eigenvalue weighted by Crippen LogP contribution is 2.16.